The fourth-order valence-corrected chi connectivity index (χ4v) is 5.78. The molecule has 1 aromatic rings. The van der Waals surface area contributed by atoms with Crippen molar-refractivity contribution in [1.82, 2.24) is 14.9 Å². The largest absolute Gasteiger partial charge is 0.377 e. The molecule has 31 heavy (non-hydrogen) atoms. The molecule has 2 saturated heterocycles. The maximum Gasteiger partial charge on any atom is 0.251 e. The summed E-state index contributed by atoms with van der Waals surface area (Å²) in [4.78, 5) is 14.9. The highest BCUT2D eigenvalue weighted by Crippen LogP contribution is 2.23. The number of hydrogen-bond donors (Lipinski definition) is 2. The Kier molecular flexibility index (Phi) is 9.16. The molecular formula is C22H34ClN3O4S. The number of halogens is 1. The molecule has 2 unspecified atom stereocenters. The highest BCUT2D eigenvalue weighted by molar-refractivity contribution is 7.89. The van der Waals surface area contributed by atoms with Crippen molar-refractivity contribution in [2.45, 2.75) is 56.4 Å². The SMILES string of the molecule is CC1CCCN(CCCCNC(=O)c2ccc(Cl)c(S(=O)(=O)NCC3CCCO3)c2)C1. The first-order chi connectivity index (χ1) is 14.8. The normalized spacial score (nSPS) is 22.5. The average Bonchev–Trinajstić information content (AvgIpc) is 3.26. The summed E-state index contributed by atoms with van der Waals surface area (Å²) in [6.07, 6.45) is 6.14. The number of carbonyl (C=O) groups excluding carboxylic acids is 1. The van der Waals surface area contributed by atoms with Crippen molar-refractivity contribution in [2.24, 2.45) is 5.92 Å². The van der Waals surface area contributed by atoms with Gasteiger partial charge >= 0.3 is 0 Å². The number of benzene rings is 1. The van der Waals surface area contributed by atoms with Gasteiger partial charge in [0.05, 0.1) is 11.1 Å². The van der Waals surface area contributed by atoms with Crippen LogP contribution in [0.4, 0.5) is 0 Å². The maximum absolute atomic E-state index is 12.7. The van der Waals surface area contributed by atoms with E-state index in [0.29, 0.717) is 13.2 Å². The van der Waals surface area contributed by atoms with Gasteiger partial charge in [-0.15, -0.1) is 0 Å². The van der Waals surface area contributed by atoms with E-state index in [2.05, 4.69) is 21.9 Å². The number of likely N-dealkylation sites (tertiary alicyclic amines) is 1. The monoisotopic (exact) mass is 471 g/mol. The van der Waals surface area contributed by atoms with Crippen molar-refractivity contribution in [3.8, 4) is 0 Å². The standard InChI is InChI=1S/C22H34ClN3O4S/c1-17-6-4-12-26(16-17)11-3-2-10-24-22(27)18-8-9-20(23)21(14-18)31(28,29)25-15-19-7-5-13-30-19/h8-9,14,17,19,25H,2-7,10-13,15-16H2,1H3,(H,24,27). The number of amides is 1. The number of rotatable bonds is 10. The first-order valence-corrected chi connectivity index (χ1v) is 13.1. The number of carbonyl (C=O) groups is 1. The number of piperidine rings is 1. The van der Waals surface area contributed by atoms with Gasteiger partial charge in [0.1, 0.15) is 4.90 Å². The van der Waals surface area contributed by atoms with Crippen molar-refractivity contribution in [1.29, 1.82) is 0 Å². The van der Waals surface area contributed by atoms with Crippen LogP contribution in [0.25, 0.3) is 0 Å². The van der Waals surface area contributed by atoms with E-state index < -0.39 is 10.0 Å². The lowest BCUT2D eigenvalue weighted by molar-refractivity contribution is 0.0952. The van der Waals surface area contributed by atoms with Gasteiger partial charge < -0.3 is 15.0 Å². The van der Waals surface area contributed by atoms with Crippen LogP contribution >= 0.6 is 11.6 Å². The lowest BCUT2D eigenvalue weighted by atomic mass is 10.0. The fraction of sp³-hybridized carbons (Fsp3) is 0.682. The van der Waals surface area contributed by atoms with Crippen LogP contribution < -0.4 is 10.0 Å². The van der Waals surface area contributed by atoms with Gasteiger partial charge in [-0.2, -0.15) is 0 Å². The van der Waals surface area contributed by atoms with E-state index in [1.807, 2.05) is 0 Å². The smallest absolute Gasteiger partial charge is 0.251 e. The van der Waals surface area contributed by atoms with E-state index in [1.54, 1.807) is 6.07 Å². The third kappa shape index (κ3) is 7.43. The summed E-state index contributed by atoms with van der Waals surface area (Å²) in [5, 5.41) is 2.97. The van der Waals surface area contributed by atoms with E-state index >= 15 is 0 Å². The average molecular weight is 472 g/mol. The third-order valence-electron chi connectivity index (χ3n) is 5.94. The van der Waals surface area contributed by atoms with Crippen molar-refractivity contribution in [3.05, 3.63) is 28.8 Å². The molecule has 0 bridgehead atoms. The molecule has 2 aliphatic heterocycles. The van der Waals surface area contributed by atoms with E-state index in [-0.39, 0.29) is 34.0 Å². The highest BCUT2D eigenvalue weighted by Gasteiger charge is 2.23. The van der Waals surface area contributed by atoms with Gasteiger partial charge in [-0.25, -0.2) is 13.1 Å². The summed E-state index contributed by atoms with van der Waals surface area (Å²) in [7, 11) is -3.83. The van der Waals surface area contributed by atoms with Crippen LogP contribution in [0.2, 0.25) is 5.02 Å². The Bertz CT molecular complexity index is 843. The number of sulfonamides is 1. The Morgan fingerprint density at radius 3 is 2.84 bits per heavy atom. The predicted molar refractivity (Wildman–Crippen MR) is 122 cm³/mol. The molecule has 0 radical (unpaired) electrons. The molecule has 2 N–H and O–H groups in total. The van der Waals surface area contributed by atoms with Crippen molar-refractivity contribution in [2.75, 3.05) is 39.3 Å². The quantitative estimate of drug-likeness (QED) is 0.512. The zero-order chi connectivity index (χ0) is 22.3. The molecule has 9 heteroatoms. The molecular weight excluding hydrogens is 438 g/mol. The summed E-state index contributed by atoms with van der Waals surface area (Å²) >= 11 is 6.12. The molecule has 0 aromatic heterocycles. The Morgan fingerprint density at radius 2 is 2.10 bits per heavy atom. The predicted octanol–water partition coefficient (Wildman–Crippen LogP) is 3.04. The van der Waals surface area contributed by atoms with Gasteiger partial charge in [-0.1, -0.05) is 18.5 Å². The molecule has 0 aliphatic carbocycles. The van der Waals surface area contributed by atoms with Crippen LogP contribution in [-0.2, 0) is 14.8 Å². The van der Waals surface area contributed by atoms with Gasteiger partial charge in [-0.3, -0.25) is 4.79 Å². The van der Waals surface area contributed by atoms with Gasteiger partial charge in [0.25, 0.3) is 5.91 Å². The summed E-state index contributed by atoms with van der Waals surface area (Å²) in [6.45, 7) is 7.09. The van der Waals surface area contributed by atoms with Crippen LogP contribution in [0.1, 0.15) is 55.8 Å². The van der Waals surface area contributed by atoms with E-state index in [1.165, 1.54) is 31.5 Å². The minimum absolute atomic E-state index is 0.0842. The zero-order valence-electron chi connectivity index (χ0n) is 18.2. The van der Waals surface area contributed by atoms with Crippen LogP contribution in [-0.4, -0.2) is 64.7 Å². The molecule has 3 rings (SSSR count). The van der Waals surface area contributed by atoms with Gasteiger partial charge in [-0.05, 0) is 75.7 Å². The first-order valence-electron chi connectivity index (χ1n) is 11.3. The molecule has 2 atom stereocenters. The fourth-order valence-electron chi connectivity index (χ4n) is 4.19. The van der Waals surface area contributed by atoms with Gasteiger partial charge in [0.15, 0.2) is 0 Å². The summed E-state index contributed by atoms with van der Waals surface area (Å²) in [6, 6.07) is 4.34. The van der Waals surface area contributed by atoms with Crippen LogP contribution in [0.15, 0.2) is 23.1 Å². The Hall–Kier alpha value is -1.19. The lowest BCUT2D eigenvalue weighted by Crippen LogP contribution is -2.35. The second-order valence-electron chi connectivity index (χ2n) is 8.64. The topological polar surface area (TPSA) is 87.7 Å². The van der Waals surface area contributed by atoms with Crippen molar-refractivity contribution in [3.63, 3.8) is 0 Å². The molecule has 0 spiro atoms. The maximum atomic E-state index is 12.7. The second-order valence-corrected chi connectivity index (χ2v) is 10.8. The van der Waals surface area contributed by atoms with Crippen LogP contribution in [0, 0.1) is 5.92 Å². The Morgan fingerprint density at radius 1 is 1.26 bits per heavy atom. The van der Waals surface area contributed by atoms with Gasteiger partial charge in [0, 0.05) is 31.8 Å². The van der Waals surface area contributed by atoms with Crippen LogP contribution in [0.5, 0.6) is 0 Å². The summed E-state index contributed by atoms with van der Waals surface area (Å²) < 4.78 is 33.3. The van der Waals surface area contributed by atoms with Crippen LogP contribution in [0.3, 0.4) is 0 Å². The Balaban J connectivity index is 1.47. The molecule has 1 aromatic carbocycles. The number of hydrogen-bond acceptors (Lipinski definition) is 5. The second kappa shape index (κ2) is 11.6. The molecule has 174 valence electrons. The van der Waals surface area contributed by atoms with Gasteiger partial charge in [0.2, 0.25) is 10.0 Å². The molecule has 0 saturated carbocycles. The number of unbranched alkanes of at least 4 members (excludes halogenated alkanes) is 1. The lowest BCUT2D eigenvalue weighted by Gasteiger charge is -2.30. The van der Waals surface area contributed by atoms with E-state index in [4.69, 9.17) is 16.3 Å². The third-order valence-corrected chi connectivity index (χ3v) is 7.84. The molecule has 7 nitrogen and oxygen atoms in total. The van der Waals surface area contributed by atoms with Crippen molar-refractivity contribution >= 4 is 27.5 Å². The number of ether oxygens (including phenoxy) is 1. The minimum Gasteiger partial charge on any atom is -0.377 e. The van der Waals surface area contributed by atoms with Crippen molar-refractivity contribution < 1.29 is 17.9 Å². The Labute approximate surface area is 190 Å². The highest BCUT2D eigenvalue weighted by atomic mass is 35.5. The summed E-state index contributed by atoms with van der Waals surface area (Å²) in [5.41, 5.74) is 0.284. The first kappa shape index (κ1) is 24.5. The molecule has 2 heterocycles. The minimum atomic E-state index is -3.83. The number of nitrogens with one attached hydrogen (secondary N) is 2. The molecule has 2 aliphatic rings. The summed E-state index contributed by atoms with van der Waals surface area (Å²) in [5.74, 6) is 0.475. The zero-order valence-corrected chi connectivity index (χ0v) is 19.8. The van der Waals surface area contributed by atoms with E-state index in [9.17, 15) is 13.2 Å². The van der Waals surface area contributed by atoms with E-state index in [0.717, 1.165) is 44.7 Å². The molecule has 1 amide bonds. The number of nitrogens with zero attached hydrogens (tertiary/aromatic N) is 1. The molecule has 2 fully saturated rings.